The van der Waals surface area contributed by atoms with Gasteiger partial charge in [-0.15, -0.1) is 0 Å². The van der Waals surface area contributed by atoms with Crippen LogP contribution in [-0.2, 0) is 6.18 Å². The summed E-state index contributed by atoms with van der Waals surface area (Å²) in [6.07, 6.45) is -12.4. The van der Waals surface area contributed by atoms with E-state index in [9.17, 15) is 35.5 Å². The van der Waals surface area contributed by atoms with Crippen molar-refractivity contribution >= 4 is 24.2 Å². The van der Waals surface area contributed by atoms with Gasteiger partial charge in [0.1, 0.15) is 11.6 Å². The number of carbonyl (C=O) groups excluding carboxylic acids is 1. The highest BCUT2D eigenvalue weighted by molar-refractivity contribution is 6.58. The second-order valence-corrected chi connectivity index (χ2v) is 6.07. The predicted octanol–water partition coefficient (Wildman–Crippen LogP) is 2.14. The molecule has 1 heterocycles. The number of H-pyrrole nitrogens is 1. The summed E-state index contributed by atoms with van der Waals surface area (Å²) in [4.78, 5) is 12.5. The molecule has 0 aliphatic rings. The number of amides is 1. The molecule has 15 heteroatoms. The van der Waals surface area contributed by atoms with Crippen molar-refractivity contribution in [2.75, 3.05) is 5.32 Å². The van der Waals surface area contributed by atoms with Crippen LogP contribution in [0.15, 0.2) is 12.1 Å². The Labute approximate surface area is 164 Å². The molecule has 7 nitrogen and oxygen atoms in total. The number of rotatable bonds is 5. The molecule has 164 valence electrons. The highest BCUT2D eigenvalue weighted by Crippen LogP contribution is 2.35. The average Bonchev–Trinajstić information content (AvgIpc) is 2.95. The smallest absolute Gasteiger partial charge is 0.480 e. The lowest BCUT2D eigenvalue weighted by Crippen LogP contribution is -2.36. The minimum Gasteiger partial charge on any atom is -0.480 e. The minimum atomic E-state index is -4.98. The molecule has 0 aliphatic heterocycles. The number of hydrogen-bond acceptors (Lipinski definition) is 5. The minimum absolute atomic E-state index is 0.232. The number of alkyl halides is 6. The summed E-state index contributed by atoms with van der Waals surface area (Å²) >= 11 is 0. The largest absolute Gasteiger partial charge is 0.491 e. The second-order valence-electron chi connectivity index (χ2n) is 6.07. The van der Waals surface area contributed by atoms with Gasteiger partial charge >= 0.3 is 19.5 Å². The Morgan fingerprint density at radius 2 is 1.83 bits per heavy atom. The molecule has 1 aromatic carbocycles. The summed E-state index contributed by atoms with van der Waals surface area (Å²) in [6.45, 7) is 1.69. The monoisotopic (exact) mass is 443 g/mol. The van der Waals surface area contributed by atoms with Crippen molar-refractivity contribution in [2.24, 2.45) is 0 Å². The van der Waals surface area contributed by atoms with Crippen molar-refractivity contribution in [3.63, 3.8) is 0 Å². The number of aromatic amines is 1. The Morgan fingerprint density at radius 3 is 2.33 bits per heavy atom. The molecule has 30 heavy (non-hydrogen) atoms. The summed E-state index contributed by atoms with van der Waals surface area (Å²) < 4.78 is 96.1. The number of benzene rings is 1. The molecule has 0 spiro atoms. The lowest BCUT2D eigenvalue weighted by Gasteiger charge is -2.20. The molecular weight excluding hydrogens is 430 g/mol. The molecule has 0 saturated carbocycles. The van der Waals surface area contributed by atoms with E-state index in [0.29, 0.717) is 19.1 Å². The number of nitrogens with one attached hydrogen (secondary N) is 2. The fourth-order valence-electron chi connectivity index (χ4n) is 2.27. The maximum atomic E-state index is 14.1. The first-order valence-corrected chi connectivity index (χ1v) is 7.99. The van der Waals surface area contributed by atoms with Crippen LogP contribution in [0.25, 0.3) is 0 Å². The second kappa shape index (κ2) is 8.14. The number of ether oxygens (including phenoxy) is 1. The lowest BCUT2D eigenvalue weighted by atomic mass is 9.79. The van der Waals surface area contributed by atoms with Crippen LogP contribution in [0.3, 0.4) is 0 Å². The first-order chi connectivity index (χ1) is 13.6. The number of nitrogens with zero attached hydrogens (tertiary/aromatic N) is 1. The Hall–Kier alpha value is -2.81. The van der Waals surface area contributed by atoms with Gasteiger partial charge in [-0.2, -0.15) is 31.4 Å². The molecule has 2 rings (SSSR count). The molecule has 1 atom stereocenters. The number of aromatic nitrogens is 2. The molecule has 2 aromatic rings. The number of aryl methyl sites for hydroxylation is 1. The Morgan fingerprint density at radius 1 is 1.23 bits per heavy atom. The van der Waals surface area contributed by atoms with Crippen molar-refractivity contribution in [1.29, 1.82) is 0 Å². The van der Waals surface area contributed by atoms with Gasteiger partial charge in [-0.05, 0) is 26.0 Å². The molecular formula is C15H13BF7N3O4. The van der Waals surface area contributed by atoms with E-state index in [-0.39, 0.29) is 5.69 Å². The highest BCUT2D eigenvalue weighted by Gasteiger charge is 2.40. The zero-order valence-electron chi connectivity index (χ0n) is 15.1. The number of carbonyl (C=O) groups is 1. The zero-order valence-corrected chi connectivity index (χ0v) is 15.1. The molecule has 0 saturated heterocycles. The first kappa shape index (κ1) is 23.5. The van der Waals surface area contributed by atoms with E-state index in [2.05, 4.69) is 9.84 Å². The lowest BCUT2D eigenvalue weighted by molar-refractivity contribution is -0.189. The maximum absolute atomic E-state index is 14.1. The summed E-state index contributed by atoms with van der Waals surface area (Å²) in [7, 11) is -2.46. The van der Waals surface area contributed by atoms with E-state index >= 15 is 0 Å². The van der Waals surface area contributed by atoms with Gasteiger partial charge in [0.25, 0.3) is 5.91 Å². The summed E-state index contributed by atoms with van der Waals surface area (Å²) in [5.74, 6) is -3.80. The van der Waals surface area contributed by atoms with Gasteiger partial charge in [0.2, 0.25) is 0 Å². The van der Waals surface area contributed by atoms with Crippen molar-refractivity contribution in [3.8, 4) is 5.75 Å². The van der Waals surface area contributed by atoms with Crippen molar-refractivity contribution in [2.45, 2.75) is 32.3 Å². The van der Waals surface area contributed by atoms with E-state index < -0.39 is 65.5 Å². The summed E-state index contributed by atoms with van der Waals surface area (Å²) in [5.41, 5.74) is -4.39. The van der Waals surface area contributed by atoms with Crippen LogP contribution >= 0.6 is 0 Å². The average molecular weight is 443 g/mol. The zero-order chi connectivity index (χ0) is 23.0. The summed E-state index contributed by atoms with van der Waals surface area (Å²) in [5, 5.41) is 25.1. The van der Waals surface area contributed by atoms with E-state index in [1.165, 1.54) is 0 Å². The third kappa shape index (κ3) is 5.02. The normalized spacial score (nSPS) is 13.2. The van der Waals surface area contributed by atoms with E-state index in [0.717, 1.165) is 6.92 Å². The van der Waals surface area contributed by atoms with Gasteiger partial charge in [0, 0.05) is 5.46 Å². The molecule has 0 unspecified atom stereocenters. The number of hydrogen-bond donors (Lipinski definition) is 4. The van der Waals surface area contributed by atoms with Gasteiger partial charge in [0.15, 0.2) is 11.8 Å². The highest BCUT2D eigenvalue weighted by atomic mass is 19.4. The van der Waals surface area contributed by atoms with Gasteiger partial charge in [-0.25, -0.2) is 4.39 Å². The Bertz CT molecular complexity index is 944. The fourth-order valence-corrected chi connectivity index (χ4v) is 2.27. The van der Waals surface area contributed by atoms with Crippen LogP contribution in [0.5, 0.6) is 5.75 Å². The molecule has 0 aliphatic carbocycles. The van der Waals surface area contributed by atoms with Gasteiger partial charge < -0.3 is 20.1 Å². The van der Waals surface area contributed by atoms with Gasteiger partial charge in [-0.3, -0.25) is 9.89 Å². The SMILES string of the molecule is Cc1[nH]nc(C(F)(F)F)c1NC(=O)c1cc(F)c(B(O)O)cc1O[C@@H](C)C(F)(F)F. The predicted molar refractivity (Wildman–Crippen MR) is 88.7 cm³/mol. The summed E-state index contributed by atoms with van der Waals surface area (Å²) in [6, 6.07) is 0.745. The van der Waals surface area contributed by atoms with Crippen molar-refractivity contribution in [1.82, 2.24) is 10.2 Å². The van der Waals surface area contributed by atoms with Crippen LogP contribution in [0.1, 0.15) is 28.7 Å². The molecule has 0 radical (unpaired) electrons. The number of anilines is 1. The van der Waals surface area contributed by atoms with Crippen molar-refractivity contribution < 1.29 is 50.3 Å². The standard InChI is InChI=1S/C15H13BF7N3O4/c1-5-11(12(26-25-5)15(21,22)23)24-13(27)7-3-9(17)8(16(28)29)4-10(7)30-6(2)14(18,19)20/h3-4,6,28-29H,1-2H3,(H,24,27)(H,25,26)/t6-/m0/s1. The Kier molecular flexibility index (Phi) is 6.37. The van der Waals surface area contributed by atoms with Gasteiger partial charge in [-0.1, -0.05) is 0 Å². The van der Waals surface area contributed by atoms with E-state index in [1.807, 2.05) is 5.10 Å². The van der Waals surface area contributed by atoms with E-state index in [1.54, 1.807) is 5.32 Å². The third-order valence-corrected chi connectivity index (χ3v) is 3.84. The first-order valence-electron chi connectivity index (χ1n) is 7.99. The number of halogens is 7. The maximum Gasteiger partial charge on any atom is 0.491 e. The molecule has 0 fully saturated rings. The van der Waals surface area contributed by atoms with E-state index in [4.69, 9.17) is 10.0 Å². The molecule has 1 aromatic heterocycles. The molecule has 1 amide bonds. The van der Waals surface area contributed by atoms with Crippen LogP contribution in [0, 0.1) is 12.7 Å². The topological polar surface area (TPSA) is 107 Å². The van der Waals surface area contributed by atoms with Gasteiger partial charge in [0.05, 0.1) is 16.9 Å². The fraction of sp³-hybridized carbons (Fsp3) is 0.333. The molecule has 0 bridgehead atoms. The molecule has 4 N–H and O–H groups in total. The van der Waals surface area contributed by atoms with Crippen molar-refractivity contribution in [3.05, 3.63) is 34.9 Å². The van der Waals surface area contributed by atoms with Crippen LogP contribution in [-0.4, -0.2) is 45.6 Å². The van der Waals surface area contributed by atoms with Crippen LogP contribution < -0.4 is 15.5 Å². The van der Waals surface area contributed by atoms with Crippen LogP contribution in [0.4, 0.5) is 36.4 Å². The Balaban J connectivity index is 2.51. The van der Waals surface area contributed by atoms with Crippen LogP contribution in [0.2, 0.25) is 0 Å². The quantitative estimate of drug-likeness (QED) is 0.419. The third-order valence-electron chi connectivity index (χ3n) is 3.84.